The van der Waals surface area contributed by atoms with Crippen molar-refractivity contribution in [1.29, 1.82) is 0 Å². The fourth-order valence-corrected chi connectivity index (χ4v) is 2.97. The maximum absolute atomic E-state index is 4.82. The van der Waals surface area contributed by atoms with Crippen molar-refractivity contribution in [1.82, 2.24) is 9.38 Å². The van der Waals surface area contributed by atoms with E-state index in [2.05, 4.69) is 41.8 Å². The maximum Gasteiger partial charge on any atom is 0.147 e. The Labute approximate surface area is 146 Å². The summed E-state index contributed by atoms with van der Waals surface area (Å²) in [4.78, 5) is 9.32. The van der Waals surface area contributed by atoms with Gasteiger partial charge in [0, 0.05) is 16.8 Å². The van der Waals surface area contributed by atoms with Gasteiger partial charge in [0.2, 0.25) is 0 Å². The van der Waals surface area contributed by atoms with Crippen LogP contribution >= 0.6 is 0 Å². The zero-order valence-electron chi connectivity index (χ0n) is 14.0. The second-order valence-corrected chi connectivity index (χ2v) is 5.33. The average molecular weight is 325 g/mol. The Morgan fingerprint density at radius 3 is 2.52 bits per heavy atom. The smallest absolute Gasteiger partial charge is 0.147 e. The van der Waals surface area contributed by atoms with Gasteiger partial charge < -0.3 is 0 Å². The first-order valence-electron chi connectivity index (χ1n) is 7.93. The highest BCUT2D eigenvalue weighted by atomic mass is 15.0. The lowest BCUT2D eigenvalue weighted by atomic mass is 10.1. The molecule has 0 aliphatic carbocycles. The van der Waals surface area contributed by atoms with E-state index in [1.807, 2.05) is 42.5 Å². The van der Waals surface area contributed by atoms with Gasteiger partial charge in [-0.15, -0.1) is 0 Å². The number of benzene rings is 1. The predicted octanol–water partition coefficient (Wildman–Crippen LogP) is 4.06. The van der Waals surface area contributed by atoms with Crippen molar-refractivity contribution in [3.8, 4) is 0 Å². The van der Waals surface area contributed by atoms with Gasteiger partial charge in [-0.1, -0.05) is 62.7 Å². The number of rotatable bonds is 5. The van der Waals surface area contributed by atoms with Crippen molar-refractivity contribution in [3.63, 3.8) is 0 Å². The Morgan fingerprint density at radius 2 is 1.84 bits per heavy atom. The molecule has 3 heteroatoms. The van der Waals surface area contributed by atoms with E-state index in [4.69, 9.17) is 4.98 Å². The van der Waals surface area contributed by atoms with Crippen molar-refractivity contribution in [3.05, 3.63) is 97.0 Å². The van der Waals surface area contributed by atoms with Gasteiger partial charge in [-0.25, -0.2) is 4.98 Å². The number of fused-ring (bicyclic) bond motifs is 3. The highest BCUT2D eigenvalue weighted by molar-refractivity contribution is 5.85. The first-order chi connectivity index (χ1) is 12.3. The molecule has 3 aromatic rings. The minimum absolute atomic E-state index is 0.804. The molecule has 1 aromatic carbocycles. The van der Waals surface area contributed by atoms with Crippen LogP contribution in [0.25, 0.3) is 34.8 Å². The quantitative estimate of drug-likeness (QED) is 0.651. The minimum Gasteiger partial charge on any atom is -0.292 e. The average Bonchev–Trinajstić information content (AvgIpc) is 3.01. The molecule has 3 nitrogen and oxygen atoms in total. The van der Waals surface area contributed by atoms with Crippen molar-refractivity contribution in [2.75, 3.05) is 0 Å². The van der Waals surface area contributed by atoms with E-state index in [9.17, 15) is 0 Å². The molecule has 0 unspecified atom stereocenters. The molecule has 0 atom stereocenters. The van der Waals surface area contributed by atoms with E-state index in [-0.39, 0.29) is 0 Å². The molecule has 0 N–H and O–H groups in total. The number of imidazole rings is 1. The predicted molar refractivity (Wildman–Crippen MR) is 108 cm³/mol. The molecule has 0 amide bonds. The lowest BCUT2D eigenvalue weighted by Crippen LogP contribution is -2.28. The summed E-state index contributed by atoms with van der Waals surface area (Å²) in [5.41, 5.74) is 3.57. The van der Waals surface area contributed by atoms with Crippen LogP contribution in [0.2, 0.25) is 0 Å². The molecule has 25 heavy (non-hydrogen) atoms. The normalized spacial score (nSPS) is 13.0. The number of pyridine rings is 1. The molecule has 0 aliphatic rings. The zero-order chi connectivity index (χ0) is 17.8. The van der Waals surface area contributed by atoms with E-state index in [1.54, 1.807) is 18.4 Å². The van der Waals surface area contributed by atoms with Gasteiger partial charge in [-0.3, -0.25) is 9.39 Å². The Hall–Kier alpha value is -3.46. The Kier molecular flexibility index (Phi) is 4.57. The number of para-hydroxylation sites is 1. The first-order valence-corrected chi connectivity index (χ1v) is 7.93. The monoisotopic (exact) mass is 325 g/mol. The SMILES string of the molecule is C=C/C=C\c1nc2/c(=C/C=C)c(=NC=C)c3ccccc3n2c1C=C. The van der Waals surface area contributed by atoms with E-state index in [1.165, 1.54) is 0 Å². The van der Waals surface area contributed by atoms with E-state index < -0.39 is 0 Å². The summed E-state index contributed by atoms with van der Waals surface area (Å²) in [6.45, 7) is 15.3. The molecule has 0 aliphatic heterocycles. The second kappa shape index (κ2) is 6.97. The lowest BCUT2D eigenvalue weighted by molar-refractivity contribution is 1.19. The van der Waals surface area contributed by atoms with Gasteiger partial charge in [-0.2, -0.15) is 0 Å². The van der Waals surface area contributed by atoms with Crippen LogP contribution in [0.4, 0.5) is 0 Å². The van der Waals surface area contributed by atoms with Crippen molar-refractivity contribution < 1.29 is 0 Å². The van der Waals surface area contributed by atoms with Crippen LogP contribution in [-0.2, 0) is 0 Å². The van der Waals surface area contributed by atoms with E-state index >= 15 is 0 Å². The highest BCUT2D eigenvalue weighted by Gasteiger charge is 2.13. The van der Waals surface area contributed by atoms with Gasteiger partial charge in [0.1, 0.15) is 5.65 Å². The van der Waals surface area contributed by atoms with Gasteiger partial charge in [0.15, 0.2) is 0 Å². The summed E-state index contributed by atoms with van der Waals surface area (Å²) >= 11 is 0. The van der Waals surface area contributed by atoms with Crippen LogP contribution in [0, 0.1) is 0 Å². The minimum atomic E-state index is 0.804. The fraction of sp³-hybridized carbons (Fsp3) is 0. The topological polar surface area (TPSA) is 29.7 Å². The molecule has 122 valence electrons. The summed E-state index contributed by atoms with van der Waals surface area (Å²) in [5, 5.41) is 2.75. The summed E-state index contributed by atoms with van der Waals surface area (Å²) < 4.78 is 2.10. The third kappa shape index (κ3) is 2.66. The molecular formula is C22H19N3. The molecule has 2 heterocycles. The van der Waals surface area contributed by atoms with Crippen LogP contribution in [-0.4, -0.2) is 9.38 Å². The molecule has 0 fully saturated rings. The van der Waals surface area contributed by atoms with E-state index in [0.717, 1.165) is 38.5 Å². The van der Waals surface area contributed by atoms with Gasteiger partial charge in [0.25, 0.3) is 0 Å². The number of allylic oxidation sites excluding steroid dienone is 3. The third-order valence-electron chi connectivity index (χ3n) is 3.93. The van der Waals surface area contributed by atoms with Crippen LogP contribution in [0.15, 0.2) is 80.0 Å². The van der Waals surface area contributed by atoms with Crippen molar-refractivity contribution in [2.24, 2.45) is 4.99 Å². The zero-order valence-corrected chi connectivity index (χ0v) is 14.0. The number of nitrogens with zero attached hydrogens (tertiary/aromatic N) is 3. The van der Waals surface area contributed by atoms with Gasteiger partial charge in [0.05, 0.1) is 22.3 Å². The molecular weight excluding hydrogens is 306 g/mol. The van der Waals surface area contributed by atoms with Crippen molar-refractivity contribution >= 4 is 34.8 Å². The Morgan fingerprint density at radius 1 is 1.04 bits per heavy atom. The summed E-state index contributed by atoms with van der Waals surface area (Å²) in [7, 11) is 0. The second-order valence-electron chi connectivity index (χ2n) is 5.33. The summed E-state index contributed by atoms with van der Waals surface area (Å²) in [5.74, 6) is 0. The Bertz CT molecular complexity index is 1160. The molecule has 0 saturated carbocycles. The number of hydrogen-bond donors (Lipinski definition) is 0. The molecule has 0 radical (unpaired) electrons. The molecule has 0 saturated heterocycles. The molecule has 0 bridgehead atoms. The standard InChI is InChI=1S/C22H19N3/c1-5-9-14-18-19(7-3)25-20-15-11-10-13-16(20)21(23-8-4)17(12-6-2)22(25)24-18/h5-15H,1-4H2/b14-9-,17-12+,23-21?. The lowest BCUT2D eigenvalue weighted by Gasteiger charge is -2.06. The highest BCUT2D eigenvalue weighted by Crippen LogP contribution is 2.19. The van der Waals surface area contributed by atoms with Gasteiger partial charge in [-0.05, 0) is 24.3 Å². The maximum atomic E-state index is 4.82. The van der Waals surface area contributed by atoms with Crippen LogP contribution in [0.1, 0.15) is 11.4 Å². The fourth-order valence-electron chi connectivity index (χ4n) is 2.97. The Balaban J connectivity index is 2.72. The first kappa shape index (κ1) is 16.4. The summed E-state index contributed by atoms with van der Waals surface area (Å²) in [6, 6.07) is 8.10. The largest absolute Gasteiger partial charge is 0.292 e. The number of hydrogen-bond acceptors (Lipinski definition) is 2. The van der Waals surface area contributed by atoms with E-state index in [0.29, 0.717) is 0 Å². The van der Waals surface area contributed by atoms with Crippen LogP contribution in [0.5, 0.6) is 0 Å². The third-order valence-corrected chi connectivity index (χ3v) is 3.93. The van der Waals surface area contributed by atoms with Crippen LogP contribution < -0.4 is 10.6 Å². The number of aromatic nitrogens is 2. The summed E-state index contributed by atoms with van der Waals surface area (Å²) in [6.07, 6.45) is 12.5. The molecule has 0 spiro atoms. The van der Waals surface area contributed by atoms with Crippen molar-refractivity contribution in [2.45, 2.75) is 0 Å². The molecule has 3 rings (SSSR count). The molecule has 2 aromatic heterocycles. The van der Waals surface area contributed by atoms with Crippen LogP contribution in [0.3, 0.4) is 0 Å². The van der Waals surface area contributed by atoms with Gasteiger partial charge >= 0.3 is 0 Å².